The van der Waals surface area contributed by atoms with E-state index in [1.54, 1.807) is 48.9 Å². The van der Waals surface area contributed by atoms with Crippen molar-refractivity contribution in [1.29, 1.82) is 0 Å². The van der Waals surface area contributed by atoms with Crippen LogP contribution >= 0.6 is 0 Å². The molecule has 0 aromatic heterocycles. The molecule has 2 fully saturated rings. The van der Waals surface area contributed by atoms with Gasteiger partial charge in [0.1, 0.15) is 17.1 Å². The number of hydrogen-bond acceptors (Lipinski definition) is 6. The van der Waals surface area contributed by atoms with Gasteiger partial charge in [-0.1, -0.05) is 49.2 Å². The van der Waals surface area contributed by atoms with E-state index in [-0.39, 0.29) is 17.0 Å². The fourth-order valence-electron chi connectivity index (χ4n) is 6.27. The highest BCUT2D eigenvalue weighted by Gasteiger charge is 2.45. The number of sulfonamides is 1. The lowest BCUT2D eigenvalue weighted by Crippen LogP contribution is -2.57. The molecule has 3 aromatic rings. The Morgan fingerprint density at radius 2 is 1.54 bits per heavy atom. The maximum absolute atomic E-state index is 14.1. The number of nitrogens with zero attached hydrogens (tertiary/aromatic N) is 2. The van der Waals surface area contributed by atoms with Crippen molar-refractivity contribution < 1.29 is 23.0 Å². The van der Waals surface area contributed by atoms with Gasteiger partial charge in [-0.3, -0.25) is 9.21 Å². The fraction of sp³-hybridized carbons (Fsp3) is 0.419. The Hall–Kier alpha value is -3.07. The predicted octanol–water partition coefficient (Wildman–Crippen LogP) is 5.19. The molecular weight excluding hydrogens is 512 g/mol. The number of methoxy groups -OCH3 is 2. The van der Waals surface area contributed by atoms with E-state index in [4.69, 9.17) is 9.47 Å². The summed E-state index contributed by atoms with van der Waals surface area (Å²) in [4.78, 5) is 2.60. The van der Waals surface area contributed by atoms with Gasteiger partial charge in [-0.2, -0.15) is 0 Å². The van der Waals surface area contributed by atoms with E-state index >= 15 is 0 Å². The summed E-state index contributed by atoms with van der Waals surface area (Å²) in [6.45, 7) is 1.42. The molecule has 3 aromatic carbocycles. The molecule has 0 radical (unpaired) electrons. The van der Waals surface area contributed by atoms with Gasteiger partial charge >= 0.3 is 0 Å². The van der Waals surface area contributed by atoms with Crippen molar-refractivity contribution in [3.8, 4) is 11.5 Å². The highest BCUT2D eigenvalue weighted by molar-refractivity contribution is 7.92. The fourth-order valence-corrected chi connectivity index (χ4v) is 7.97. The summed E-state index contributed by atoms with van der Waals surface area (Å²) in [6, 6.07) is 23.6. The van der Waals surface area contributed by atoms with Gasteiger partial charge < -0.3 is 14.6 Å². The maximum atomic E-state index is 14.1. The third-order valence-electron chi connectivity index (χ3n) is 8.31. The minimum absolute atomic E-state index is 0.0121. The molecule has 2 atom stereocenters. The highest BCUT2D eigenvalue weighted by Crippen LogP contribution is 2.42. The lowest BCUT2D eigenvalue weighted by molar-refractivity contribution is -0.0849. The smallest absolute Gasteiger partial charge is 0.264 e. The van der Waals surface area contributed by atoms with Crippen molar-refractivity contribution in [2.24, 2.45) is 0 Å². The SMILES string of the molecule is COc1ccc(S(=O)(=O)N(c2cccc(OC)c2)C2CCN(C3CCCCC3(O)c3ccccc3)CC2)cc1. The Labute approximate surface area is 232 Å². The topological polar surface area (TPSA) is 79.3 Å². The minimum atomic E-state index is -3.86. The van der Waals surface area contributed by atoms with Crippen LogP contribution < -0.4 is 13.8 Å². The molecule has 208 valence electrons. The highest BCUT2D eigenvalue weighted by atomic mass is 32.2. The van der Waals surface area contributed by atoms with E-state index in [0.717, 1.165) is 31.2 Å². The van der Waals surface area contributed by atoms with Gasteiger partial charge in [-0.25, -0.2) is 8.42 Å². The molecule has 39 heavy (non-hydrogen) atoms. The largest absolute Gasteiger partial charge is 0.497 e. The van der Waals surface area contributed by atoms with Crippen LogP contribution in [-0.4, -0.2) is 57.8 Å². The molecule has 0 amide bonds. The molecule has 1 saturated carbocycles. The Balaban J connectivity index is 1.42. The first kappa shape index (κ1) is 27.5. The lowest BCUT2D eigenvalue weighted by atomic mass is 9.74. The summed E-state index contributed by atoms with van der Waals surface area (Å²) >= 11 is 0. The van der Waals surface area contributed by atoms with Crippen molar-refractivity contribution >= 4 is 15.7 Å². The van der Waals surface area contributed by atoms with Crippen molar-refractivity contribution in [1.82, 2.24) is 4.90 Å². The molecule has 5 rings (SSSR count). The third kappa shape index (κ3) is 5.51. The van der Waals surface area contributed by atoms with Gasteiger partial charge in [-0.15, -0.1) is 0 Å². The van der Waals surface area contributed by atoms with Crippen LogP contribution in [0.2, 0.25) is 0 Å². The summed E-state index contributed by atoms with van der Waals surface area (Å²) in [6.07, 6.45) is 5.08. The van der Waals surface area contributed by atoms with Gasteiger partial charge in [0, 0.05) is 31.2 Å². The van der Waals surface area contributed by atoms with Gasteiger partial charge in [0.25, 0.3) is 10.0 Å². The second-order valence-electron chi connectivity index (χ2n) is 10.5. The number of aliphatic hydroxyl groups is 1. The molecule has 1 saturated heterocycles. The van der Waals surface area contributed by atoms with Gasteiger partial charge in [0.15, 0.2) is 0 Å². The molecule has 7 nitrogen and oxygen atoms in total. The number of piperidine rings is 1. The van der Waals surface area contributed by atoms with Crippen molar-refractivity contribution in [2.45, 2.75) is 61.1 Å². The molecule has 8 heteroatoms. The molecule has 2 aliphatic rings. The van der Waals surface area contributed by atoms with Crippen LogP contribution in [0.3, 0.4) is 0 Å². The predicted molar refractivity (Wildman–Crippen MR) is 153 cm³/mol. The molecule has 1 aliphatic heterocycles. The number of benzene rings is 3. The van der Waals surface area contributed by atoms with Gasteiger partial charge in [-0.05, 0) is 67.6 Å². The summed E-state index contributed by atoms with van der Waals surface area (Å²) < 4.78 is 40.4. The molecule has 0 spiro atoms. The Kier molecular flexibility index (Phi) is 8.16. The second kappa shape index (κ2) is 11.6. The van der Waals surface area contributed by atoms with Crippen molar-refractivity contribution in [3.63, 3.8) is 0 Å². The first-order valence-corrected chi connectivity index (χ1v) is 15.2. The van der Waals surface area contributed by atoms with Crippen LogP contribution in [0.1, 0.15) is 44.1 Å². The molecule has 1 heterocycles. The normalized spacial score (nSPS) is 22.8. The Morgan fingerprint density at radius 3 is 2.21 bits per heavy atom. The van der Waals surface area contributed by atoms with E-state index in [0.29, 0.717) is 43.1 Å². The first-order valence-electron chi connectivity index (χ1n) is 13.7. The average molecular weight is 551 g/mol. The number of ether oxygens (including phenoxy) is 2. The average Bonchev–Trinajstić information content (AvgIpc) is 2.98. The molecule has 1 aliphatic carbocycles. The number of likely N-dealkylation sites (tertiary alicyclic amines) is 1. The molecule has 0 bridgehead atoms. The lowest BCUT2D eigenvalue weighted by Gasteiger charge is -2.49. The standard InChI is InChI=1S/C31H38N2O5S/c1-37-27-14-16-29(17-15-27)39(35,36)33(26-11-8-12-28(23-26)38-2)25-18-21-32(22-19-25)30-13-6-7-20-31(30,34)24-9-4-3-5-10-24/h3-5,8-12,14-17,23,25,30,34H,6-7,13,18-22H2,1-2H3. The zero-order valence-electron chi connectivity index (χ0n) is 22.7. The van der Waals surface area contributed by atoms with E-state index in [9.17, 15) is 13.5 Å². The summed E-state index contributed by atoms with van der Waals surface area (Å²) in [5.74, 6) is 1.21. The first-order chi connectivity index (χ1) is 18.9. The maximum Gasteiger partial charge on any atom is 0.264 e. The Morgan fingerprint density at radius 1 is 0.846 bits per heavy atom. The number of rotatable bonds is 8. The van der Waals surface area contributed by atoms with E-state index < -0.39 is 15.6 Å². The summed E-state index contributed by atoms with van der Waals surface area (Å²) in [5.41, 5.74) is 0.660. The van der Waals surface area contributed by atoms with Crippen molar-refractivity contribution in [2.75, 3.05) is 31.6 Å². The monoisotopic (exact) mass is 550 g/mol. The zero-order chi connectivity index (χ0) is 27.5. The van der Waals surface area contributed by atoms with Gasteiger partial charge in [0.05, 0.1) is 24.8 Å². The zero-order valence-corrected chi connectivity index (χ0v) is 23.5. The van der Waals surface area contributed by atoms with E-state index in [2.05, 4.69) is 4.90 Å². The summed E-state index contributed by atoms with van der Waals surface area (Å²) in [7, 11) is -0.716. The Bertz CT molecular complexity index is 1340. The van der Waals surface area contributed by atoms with Crippen molar-refractivity contribution in [3.05, 3.63) is 84.4 Å². The number of anilines is 1. The van der Waals surface area contributed by atoms with Crippen LogP contribution in [0.4, 0.5) is 5.69 Å². The second-order valence-corrected chi connectivity index (χ2v) is 12.3. The third-order valence-corrected chi connectivity index (χ3v) is 10.2. The van der Waals surface area contributed by atoms with Crippen LogP contribution in [0.15, 0.2) is 83.8 Å². The van der Waals surface area contributed by atoms with Crippen LogP contribution in [0, 0.1) is 0 Å². The minimum Gasteiger partial charge on any atom is -0.497 e. The number of hydrogen-bond donors (Lipinski definition) is 1. The molecule has 1 N–H and O–H groups in total. The van der Waals surface area contributed by atoms with Crippen LogP contribution in [-0.2, 0) is 15.6 Å². The van der Waals surface area contributed by atoms with E-state index in [1.165, 1.54) is 0 Å². The molecular formula is C31H38N2O5S. The van der Waals surface area contributed by atoms with Crippen LogP contribution in [0.25, 0.3) is 0 Å². The molecule has 2 unspecified atom stereocenters. The van der Waals surface area contributed by atoms with Crippen LogP contribution in [0.5, 0.6) is 11.5 Å². The summed E-state index contributed by atoms with van der Waals surface area (Å²) in [5, 5.41) is 11.9. The van der Waals surface area contributed by atoms with Gasteiger partial charge in [0.2, 0.25) is 0 Å². The van der Waals surface area contributed by atoms with E-state index in [1.807, 2.05) is 48.5 Å². The quantitative estimate of drug-likeness (QED) is 0.416.